The van der Waals surface area contributed by atoms with Crippen LogP contribution in [0.2, 0.25) is 0 Å². The molecular formula is C18H17NO. The summed E-state index contributed by atoms with van der Waals surface area (Å²) in [7, 11) is 0. The van der Waals surface area contributed by atoms with Crippen molar-refractivity contribution in [1.82, 2.24) is 0 Å². The van der Waals surface area contributed by atoms with Gasteiger partial charge in [0.05, 0.1) is 0 Å². The molecule has 20 heavy (non-hydrogen) atoms. The van der Waals surface area contributed by atoms with Crippen molar-refractivity contribution >= 4 is 11.6 Å². The fourth-order valence-electron chi connectivity index (χ4n) is 3.30. The summed E-state index contributed by atoms with van der Waals surface area (Å²) >= 11 is 0. The molecule has 2 heteroatoms. The van der Waals surface area contributed by atoms with E-state index in [1.807, 2.05) is 17.0 Å². The number of para-hydroxylation sites is 1. The minimum Gasteiger partial charge on any atom is -0.312 e. The third kappa shape index (κ3) is 1.83. The maximum absolute atomic E-state index is 12.7. The van der Waals surface area contributed by atoms with Gasteiger partial charge >= 0.3 is 0 Å². The summed E-state index contributed by atoms with van der Waals surface area (Å²) in [5, 5.41) is 0. The van der Waals surface area contributed by atoms with Gasteiger partial charge in [0.2, 0.25) is 5.91 Å². The first-order valence-corrected chi connectivity index (χ1v) is 7.29. The van der Waals surface area contributed by atoms with Crippen molar-refractivity contribution in [2.75, 3.05) is 11.4 Å². The normalized spacial score (nSPS) is 23.5. The van der Waals surface area contributed by atoms with Crippen LogP contribution in [-0.4, -0.2) is 12.5 Å². The minimum atomic E-state index is 0.184. The molecule has 1 heterocycles. The molecule has 2 aliphatic rings. The van der Waals surface area contributed by atoms with Gasteiger partial charge in [-0.15, -0.1) is 0 Å². The van der Waals surface area contributed by atoms with Crippen molar-refractivity contribution in [1.29, 1.82) is 0 Å². The predicted molar refractivity (Wildman–Crippen MR) is 79.8 cm³/mol. The number of benzene rings is 2. The van der Waals surface area contributed by atoms with Crippen LogP contribution in [0.25, 0.3) is 0 Å². The lowest BCUT2D eigenvalue weighted by Crippen LogP contribution is -2.30. The van der Waals surface area contributed by atoms with E-state index in [-0.39, 0.29) is 5.92 Å². The van der Waals surface area contributed by atoms with E-state index in [1.165, 1.54) is 11.1 Å². The zero-order valence-electron chi connectivity index (χ0n) is 11.3. The number of carbonyl (C=O) groups is 1. The lowest BCUT2D eigenvalue weighted by Gasteiger charge is -2.17. The number of hydrogen-bond donors (Lipinski definition) is 0. The molecule has 0 aromatic heterocycles. The lowest BCUT2D eigenvalue weighted by molar-refractivity contribution is -0.119. The molecule has 0 spiro atoms. The number of fused-ring (bicyclic) bond motifs is 1. The topological polar surface area (TPSA) is 20.3 Å². The van der Waals surface area contributed by atoms with Gasteiger partial charge in [0.1, 0.15) is 0 Å². The monoisotopic (exact) mass is 263 g/mol. The van der Waals surface area contributed by atoms with E-state index in [4.69, 9.17) is 0 Å². The molecule has 1 amide bonds. The number of amides is 1. The Labute approximate surface area is 119 Å². The van der Waals surface area contributed by atoms with Crippen molar-refractivity contribution < 1.29 is 4.79 Å². The van der Waals surface area contributed by atoms with Gasteiger partial charge in [-0.1, -0.05) is 48.5 Å². The van der Waals surface area contributed by atoms with Crippen LogP contribution in [0.5, 0.6) is 0 Å². The Hall–Kier alpha value is -2.09. The molecule has 0 N–H and O–H groups in total. The molecule has 2 nitrogen and oxygen atoms in total. The van der Waals surface area contributed by atoms with Crippen LogP contribution in [0.1, 0.15) is 23.5 Å². The summed E-state index contributed by atoms with van der Waals surface area (Å²) in [5.41, 5.74) is 3.73. The first-order valence-electron chi connectivity index (χ1n) is 7.29. The second-order valence-electron chi connectivity index (χ2n) is 5.73. The van der Waals surface area contributed by atoms with Crippen molar-refractivity contribution in [2.45, 2.75) is 18.8 Å². The number of rotatable bonds is 2. The highest BCUT2D eigenvalue weighted by molar-refractivity contribution is 5.99. The second kappa shape index (κ2) is 4.48. The third-order valence-electron chi connectivity index (χ3n) is 4.49. The third-order valence-corrected chi connectivity index (χ3v) is 4.49. The average Bonchev–Trinajstić information content (AvgIpc) is 3.20. The Morgan fingerprint density at radius 1 is 1.00 bits per heavy atom. The molecule has 1 aliphatic carbocycles. The fraction of sp³-hybridized carbons (Fsp3) is 0.278. The molecule has 0 unspecified atom stereocenters. The smallest absolute Gasteiger partial charge is 0.230 e. The molecule has 100 valence electrons. The number of nitrogens with zero attached hydrogens (tertiary/aromatic N) is 1. The van der Waals surface area contributed by atoms with E-state index in [0.29, 0.717) is 11.8 Å². The summed E-state index contributed by atoms with van der Waals surface area (Å²) in [6.07, 6.45) is 1.99. The molecular weight excluding hydrogens is 246 g/mol. The van der Waals surface area contributed by atoms with Crippen LogP contribution >= 0.6 is 0 Å². The largest absolute Gasteiger partial charge is 0.312 e. The van der Waals surface area contributed by atoms with E-state index < -0.39 is 0 Å². The van der Waals surface area contributed by atoms with E-state index in [2.05, 4.69) is 42.5 Å². The maximum Gasteiger partial charge on any atom is 0.230 e. The summed E-state index contributed by atoms with van der Waals surface area (Å²) in [5.74, 6) is 0.920. The van der Waals surface area contributed by atoms with Crippen molar-refractivity contribution in [3.8, 4) is 0 Å². The molecule has 1 saturated carbocycles. The summed E-state index contributed by atoms with van der Waals surface area (Å²) in [4.78, 5) is 14.7. The summed E-state index contributed by atoms with van der Waals surface area (Å²) in [6.45, 7) is 0.843. The Morgan fingerprint density at radius 2 is 1.75 bits per heavy atom. The summed E-state index contributed by atoms with van der Waals surface area (Å²) in [6, 6.07) is 18.7. The lowest BCUT2D eigenvalue weighted by atomic mass is 10.1. The quantitative estimate of drug-likeness (QED) is 0.813. The van der Waals surface area contributed by atoms with Crippen LogP contribution in [-0.2, 0) is 11.2 Å². The van der Waals surface area contributed by atoms with Gasteiger partial charge in [-0.2, -0.15) is 0 Å². The van der Waals surface area contributed by atoms with Gasteiger partial charge in [-0.05, 0) is 36.0 Å². The molecule has 0 saturated heterocycles. The fourth-order valence-corrected chi connectivity index (χ4v) is 3.30. The zero-order valence-corrected chi connectivity index (χ0v) is 11.3. The average molecular weight is 263 g/mol. The standard InChI is InChI=1S/C18H17NO/c20-18(16-12-15(16)13-6-2-1-3-7-13)19-11-10-14-8-4-5-9-17(14)19/h1-9,15-16H,10-12H2/t15-,16+/m1/s1. The Kier molecular flexibility index (Phi) is 2.62. The Bertz CT molecular complexity index is 649. The van der Waals surface area contributed by atoms with E-state index >= 15 is 0 Å². The first kappa shape index (κ1) is 11.7. The van der Waals surface area contributed by atoms with E-state index in [0.717, 1.165) is 25.1 Å². The SMILES string of the molecule is O=C([C@H]1C[C@@H]1c1ccccc1)N1CCc2ccccc21. The zero-order chi connectivity index (χ0) is 13.5. The molecule has 0 bridgehead atoms. The molecule has 2 aromatic rings. The van der Waals surface area contributed by atoms with E-state index in [9.17, 15) is 4.79 Å². The van der Waals surface area contributed by atoms with Crippen molar-refractivity contribution in [3.63, 3.8) is 0 Å². The van der Waals surface area contributed by atoms with Crippen LogP contribution in [0.4, 0.5) is 5.69 Å². The Morgan fingerprint density at radius 3 is 2.60 bits per heavy atom. The molecule has 1 aliphatic heterocycles. The van der Waals surface area contributed by atoms with Gasteiger partial charge in [-0.3, -0.25) is 4.79 Å². The second-order valence-corrected chi connectivity index (χ2v) is 5.73. The molecule has 1 fully saturated rings. The Balaban J connectivity index is 1.53. The molecule has 0 radical (unpaired) electrons. The molecule has 4 rings (SSSR count). The first-order chi connectivity index (χ1) is 9.84. The highest BCUT2D eigenvalue weighted by Crippen LogP contribution is 2.49. The highest BCUT2D eigenvalue weighted by Gasteiger charge is 2.46. The van der Waals surface area contributed by atoms with Crippen LogP contribution in [0.15, 0.2) is 54.6 Å². The van der Waals surface area contributed by atoms with Crippen LogP contribution in [0, 0.1) is 5.92 Å². The minimum absolute atomic E-state index is 0.184. The summed E-state index contributed by atoms with van der Waals surface area (Å²) < 4.78 is 0. The van der Waals surface area contributed by atoms with Gasteiger partial charge in [-0.25, -0.2) is 0 Å². The van der Waals surface area contributed by atoms with Gasteiger partial charge in [0.25, 0.3) is 0 Å². The maximum atomic E-state index is 12.7. The molecule has 2 aromatic carbocycles. The van der Waals surface area contributed by atoms with Gasteiger partial charge < -0.3 is 4.90 Å². The number of hydrogen-bond acceptors (Lipinski definition) is 1. The van der Waals surface area contributed by atoms with Crippen LogP contribution in [0.3, 0.4) is 0 Å². The van der Waals surface area contributed by atoms with Crippen LogP contribution < -0.4 is 4.90 Å². The van der Waals surface area contributed by atoms with E-state index in [1.54, 1.807) is 0 Å². The van der Waals surface area contributed by atoms with Crippen molar-refractivity contribution in [3.05, 3.63) is 65.7 Å². The molecule has 2 atom stereocenters. The van der Waals surface area contributed by atoms with Crippen molar-refractivity contribution in [2.24, 2.45) is 5.92 Å². The van der Waals surface area contributed by atoms with Gasteiger partial charge in [0, 0.05) is 18.2 Å². The number of anilines is 1. The van der Waals surface area contributed by atoms with Gasteiger partial charge in [0.15, 0.2) is 0 Å². The highest BCUT2D eigenvalue weighted by atomic mass is 16.2. The predicted octanol–water partition coefficient (Wildman–Crippen LogP) is 3.38. The number of carbonyl (C=O) groups excluding carboxylic acids is 1.